The molecule has 0 spiro atoms. The molecule has 0 bridgehead atoms. The first-order valence-electron chi connectivity index (χ1n) is 12.1. The summed E-state index contributed by atoms with van der Waals surface area (Å²) in [6, 6.07) is 36.3. The van der Waals surface area contributed by atoms with E-state index in [-0.39, 0.29) is 6.71 Å². The van der Waals surface area contributed by atoms with Gasteiger partial charge in [-0.3, -0.25) is 0 Å². The summed E-state index contributed by atoms with van der Waals surface area (Å²) in [5.74, 6) is 3.58. The summed E-state index contributed by atoms with van der Waals surface area (Å²) in [5, 5.41) is 0. The molecule has 5 aromatic carbocycles. The predicted molar refractivity (Wildman–Crippen MR) is 144 cm³/mol. The summed E-state index contributed by atoms with van der Waals surface area (Å²) in [7, 11) is 0. The predicted octanol–water partition coefficient (Wildman–Crippen LogP) is 6.37. The second-order valence-electron chi connectivity index (χ2n) is 9.47. The summed E-state index contributed by atoms with van der Waals surface area (Å²) in [5.41, 5.74) is 10.6. The molecule has 0 saturated heterocycles. The Balaban J connectivity index is 1.49. The number of benzene rings is 5. The molecule has 0 radical (unpaired) electrons. The largest absolute Gasteiger partial charge is 0.458 e. The van der Waals surface area contributed by atoms with Crippen LogP contribution < -0.4 is 25.9 Å². The summed E-state index contributed by atoms with van der Waals surface area (Å²) < 4.78 is 13.1. The third kappa shape index (κ3) is 3.12. The number of aryl methyl sites for hydroxylation is 2. The Bertz CT molecular complexity index is 1640. The molecule has 2 nitrogen and oxygen atoms in total. The second-order valence-corrected chi connectivity index (χ2v) is 9.47. The van der Waals surface area contributed by atoms with Crippen molar-refractivity contribution in [2.45, 2.75) is 13.8 Å². The van der Waals surface area contributed by atoms with Crippen LogP contribution in [0, 0.1) is 13.8 Å². The van der Waals surface area contributed by atoms with Crippen molar-refractivity contribution in [2.75, 3.05) is 0 Å². The Morgan fingerprint density at radius 3 is 2.20 bits per heavy atom. The van der Waals surface area contributed by atoms with Gasteiger partial charge in [-0.15, -0.1) is 0 Å². The molecule has 0 unspecified atom stereocenters. The first kappa shape index (κ1) is 20.2. The van der Waals surface area contributed by atoms with Crippen LogP contribution in [0.5, 0.6) is 23.0 Å². The molecule has 0 aliphatic carbocycles. The molecular weight excluding hydrogens is 427 g/mol. The van der Waals surface area contributed by atoms with E-state index in [0.29, 0.717) is 0 Å². The summed E-state index contributed by atoms with van der Waals surface area (Å²) in [4.78, 5) is 0. The van der Waals surface area contributed by atoms with E-state index < -0.39 is 0 Å². The van der Waals surface area contributed by atoms with Crippen LogP contribution in [0.15, 0.2) is 103 Å². The maximum Gasteiger partial charge on any atom is 0.260 e. The van der Waals surface area contributed by atoms with E-state index >= 15 is 0 Å². The van der Waals surface area contributed by atoms with Gasteiger partial charge in [0.05, 0.1) is 0 Å². The number of ether oxygens (including phenoxy) is 2. The minimum absolute atomic E-state index is 0.0439. The lowest BCUT2D eigenvalue weighted by atomic mass is 9.34. The highest BCUT2D eigenvalue weighted by Crippen LogP contribution is 2.41. The molecule has 3 heteroatoms. The van der Waals surface area contributed by atoms with Gasteiger partial charge < -0.3 is 9.47 Å². The van der Waals surface area contributed by atoms with Crippen molar-refractivity contribution in [1.29, 1.82) is 0 Å². The van der Waals surface area contributed by atoms with E-state index in [1.165, 1.54) is 38.7 Å². The van der Waals surface area contributed by atoms with Crippen LogP contribution in [0.2, 0.25) is 0 Å². The van der Waals surface area contributed by atoms with Gasteiger partial charge in [0.1, 0.15) is 23.0 Å². The maximum absolute atomic E-state index is 6.71. The highest BCUT2D eigenvalue weighted by Gasteiger charge is 2.41. The summed E-state index contributed by atoms with van der Waals surface area (Å²) in [6.07, 6.45) is 0. The van der Waals surface area contributed by atoms with Gasteiger partial charge in [-0.2, -0.15) is 0 Å². The van der Waals surface area contributed by atoms with E-state index in [1.807, 2.05) is 6.07 Å². The lowest BCUT2D eigenvalue weighted by Crippen LogP contribution is -2.57. The quantitative estimate of drug-likeness (QED) is 0.285. The normalized spacial score (nSPS) is 12.7. The Morgan fingerprint density at radius 1 is 0.543 bits per heavy atom. The van der Waals surface area contributed by atoms with E-state index in [0.717, 1.165) is 34.0 Å². The van der Waals surface area contributed by atoms with Gasteiger partial charge in [0.25, 0.3) is 6.71 Å². The van der Waals surface area contributed by atoms with Crippen molar-refractivity contribution >= 4 is 23.1 Å². The third-order valence-corrected chi connectivity index (χ3v) is 7.21. The highest BCUT2D eigenvalue weighted by molar-refractivity contribution is 6.98. The number of hydrogen-bond acceptors (Lipinski definition) is 2. The molecule has 7 rings (SSSR count). The third-order valence-electron chi connectivity index (χ3n) is 7.21. The molecular formula is C32H23BO2. The van der Waals surface area contributed by atoms with E-state index in [2.05, 4.69) is 111 Å². The number of fused-ring (bicyclic) bond motifs is 4. The molecule has 35 heavy (non-hydrogen) atoms. The zero-order valence-corrected chi connectivity index (χ0v) is 19.7. The van der Waals surface area contributed by atoms with Crippen LogP contribution in [0.25, 0.3) is 22.3 Å². The van der Waals surface area contributed by atoms with Gasteiger partial charge in [-0.05, 0) is 71.3 Å². The first-order valence-corrected chi connectivity index (χ1v) is 12.1. The van der Waals surface area contributed by atoms with E-state index in [9.17, 15) is 0 Å². The second kappa shape index (κ2) is 7.64. The van der Waals surface area contributed by atoms with Crippen LogP contribution in [0.1, 0.15) is 11.1 Å². The summed E-state index contributed by atoms with van der Waals surface area (Å²) >= 11 is 0. The number of rotatable bonds is 2. The molecule has 166 valence electrons. The molecule has 0 aromatic heterocycles. The van der Waals surface area contributed by atoms with Crippen molar-refractivity contribution < 1.29 is 9.47 Å². The Morgan fingerprint density at radius 2 is 1.31 bits per heavy atom. The minimum Gasteiger partial charge on any atom is -0.458 e. The van der Waals surface area contributed by atoms with Crippen molar-refractivity contribution in [2.24, 2.45) is 0 Å². The zero-order chi connectivity index (χ0) is 23.5. The van der Waals surface area contributed by atoms with Gasteiger partial charge >= 0.3 is 0 Å². The SMILES string of the molecule is Cc1cccc(-c2ccc3c(c2)B2c4ccccc4Oc4ccc(-c5ccccc5C)c(c42)O3)c1. The molecule has 5 aromatic rings. The molecule has 2 heterocycles. The standard InChI is InChI=1S/C32H23BO2/c1-20-8-7-10-22(18-20)23-14-16-29-27(19-23)33-26-12-5-6-13-28(26)34-30-17-15-25(32(35-29)31(30)33)24-11-4-3-9-21(24)2/h3-19H,1-2H3. The fourth-order valence-corrected chi connectivity index (χ4v) is 5.53. The molecule has 2 aliphatic rings. The fourth-order valence-electron chi connectivity index (χ4n) is 5.53. The van der Waals surface area contributed by atoms with Gasteiger partial charge in [-0.25, -0.2) is 0 Å². The Hall–Kier alpha value is -4.24. The van der Waals surface area contributed by atoms with Crippen LogP contribution in [0.4, 0.5) is 0 Å². The Kier molecular flexibility index (Phi) is 4.40. The number of para-hydroxylation sites is 1. The van der Waals surface area contributed by atoms with Gasteiger partial charge in [0.2, 0.25) is 0 Å². The van der Waals surface area contributed by atoms with Crippen LogP contribution >= 0.6 is 0 Å². The molecule has 2 aliphatic heterocycles. The van der Waals surface area contributed by atoms with Crippen LogP contribution in [-0.2, 0) is 0 Å². The number of hydrogen-bond donors (Lipinski definition) is 0. The smallest absolute Gasteiger partial charge is 0.260 e. The topological polar surface area (TPSA) is 18.5 Å². The lowest BCUT2D eigenvalue weighted by Gasteiger charge is -2.34. The van der Waals surface area contributed by atoms with Crippen LogP contribution in [0.3, 0.4) is 0 Å². The molecule has 0 saturated carbocycles. The average molecular weight is 450 g/mol. The van der Waals surface area contributed by atoms with Crippen molar-refractivity contribution in [3.63, 3.8) is 0 Å². The van der Waals surface area contributed by atoms with Crippen molar-refractivity contribution in [3.8, 4) is 45.3 Å². The molecule has 0 fully saturated rings. The molecule has 0 atom stereocenters. The Labute approximate surface area is 205 Å². The van der Waals surface area contributed by atoms with Crippen LogP contribution in [-0.4, -0.2) is 6.71 Å². The van der Waals surface area contributed by atoms with Crippen molar-refractivity contribution in [3.05, 3.63) is 114 Å². The van der Waals surface area contributed by atoms with Gasteiger partial charge in [0.15, 0.2) is 0 Å². The lowest BCUT2D eigenvalue weighted by molar-refractivity contribution is 0.465. The van der Waals surface area contributed by atoms with Crippen molar-refractivity contribution in [1.82, 2.24) is 0 Å². The minimum atomic E-state index is 0.0439. The fraction of sp³-hybridized carbons (Fsp3) is 0.0625. The van der Waals surface area contributed by atoms with E-state index in [4.69, 9.17) is 9.47 Å². The highest BCUT2D eigenvalue weighted by atomic mass is 16.5. The van der Waals surface area contributed by atoms with Gasteiger partial charge in [-0.1, -0.05) is 84.4 Å². The maximum atomic E-state index is 6.71. The van der Waals surface area contributed by atoms with Gasteiger partial charge in [0, 0.05) is 11.0 Å². The monoisotopic (exact) mass is 450 g/mol. The first-order chi connectivity index (χ1) is 17.2. The zero-order valence-electron chi connectivity index (χ0n) is 19.7. The molecule has 0 amide bonds. The summed E-state index contributed by atoms with van der Waals surface area (Å²) in [6.45, 7) is 4.33. The molecule has 0 N–H and O–H groups in total. The average Bonchev–Trinajstić information content (AvgIpc) is 2.89. The van der Waals surface area contributed by atoms with E-state index in [1.54, 1.807) is 0 Å².